The molecule has 2 fully saturated rings. The monoisotopic (exact) mass is 513 g/mol. The van der Waals surface area contributed by atoms with Crippen LogP contribution in [-0.2, 0) is 6.18 Å². The van der Waals surface area contributed by atoms with Gasteiger partial charge in [-0.1, -0.05) is 35.9 Å². The Bertz CT molecular complexity index is 1350. The minimum atomic E-state index is -4.53. The van der Waals surface area contributed by atoms with Gasteiger partial charge in [0.1, 0.15) is 5.69 Å². The maximum Gasteiger partial charge on any atom is 0.416 e. The highest BCUT2D eigenvalue weighted by Gasteiger charge is 2.54. The van der Waals surface area contributed by atoms with Crippen molar-refractivity contribution in [3.8, 4) is 10.4 Å². The van der Waals surface area contributed by atoms with E-state index in [-0.39, 0.29) is 35.5 Å². The average Bonchev–Trinajstić information content (AvgIpc) is 3.33. The van der Waals surface area contributed by atoms with Crippen molar-refractivity contribution in [3.63, 3.8) is 0 Å². The number of aromatic nitrogens is 1. The zero-order valence-electron chi connectivity index (χ0n) is 20.1. The van der Waals surface area contributed by atoms with Crippen LogP contribution < -0.4 is 5.32 Å². The van der Waals surface area contributed by atoms with E-state index in [4.69, 9.17) is 0 Å². The van der Waals surface area contributed by atoms with Crippen molar-refractivity contribution >= 4 is 23.2 Å². The van der Waals surface area contributed by atoms with Gasteiger partial charge in [0.15, 0.2) is 0 Å². The summed E-state index contributed by atoms with van der Waals surface area (Å²) in [6.45, 7) is 6.01. The van der Waals surface area contributed by atoms with E-state index < -0.39 is 17.6 Å². The van der Waals surface area contributed by atoms with E-state index >= 15 is 0 Å². The molecule has 5 rings (SSSR count). The summed E-state index contributed by atoms with van der Waals surface area (Å²) >= 11 is 1.48. The van der Waals surface area contributed by atoms with Crippen molar-refractivity contribution in [2.45, 2.75) is 39.4 Å². The normalized spacial score (nSPS) is 20.8. The van der Waals surface area contributed by atoms with Gasteiger partial charge in [0.25, 0.3) is 11.8 Å². The van der Waals surface area contributed by atoms with Crippen molar-refractivity contribution in [3.05, 3.63) is 75.4 Å². The van der Waals surface area contributed by atoms with Gasteiger partial charge in [0.2, 0.25) is 0 Å². The molecule has 5 nitrogen and oxygen atoms in total. The third-order valence-corrected chi connectivity index (χ3v) is 8.08. The van der Waals surface area contributed by atoms with Crippen molar-refractivity contribution in [2.75, 3.05) is 13.1 Å². The van der Waals surface area contributed by atoms with Gasteiger partial charge in [-0.15, -0.1) is 11.3 Å². The van der Waals surface area contributed by atoms with E-state index in [1.165, 1.54) is 30.4 Å². The summed E-state index contributed by atoms with van der Waals surface area (Å²) in [5, 5.41) is 3.57. The Hall–Kier alpha value is -3.20. The zero-order chi connectivity index (χ0) is 25.8. The number of nitrogens with one attached hydrogen (secondary N) is 1. The predicted molar refractivity (Wildman–Crippen MR) is 132 cm³/mol. The number of piperidine rings is 1. The fourth-order valence-electron chi connectivity index (χ4n) is 5.12. The molecule has 1 N–H and O–H groups in total. The van der Waals surface area contributed by atoms with Crippen LogP contribution >= 0.6 is 11.3 Å². The SMILES string of the molecule is Cc1cccc(-c2sc(C)nc2C(=O)N2C[C@H]3C[C@H]3[C@H]2CNC(=O)c2ccc(C)c(C(F)(F)F)c2)c1. The van der Waals surface area contributed by atoms with Crippen molar-refractivity contribution in [1.29, 1.82) is 0 Å². The summed E-state index contributed by atoms with van der Waals surface area (Å²) in [5.74, 6) is -0.0895. The number of thiazole rings is 1. The van der Waals surface area contributed by atoms with Crippen molar-refractivity contribution in [1.82, 2.24) is 15.2 Å². The first-order chi connectivity index (χ1) is 17.0. The molecule has 1 saturated carbocycles. The first kappa shape index (κ1) is 24.5. The second kappa shape index (κ2) is 9.03. The smallest absolute Gasteiger partial charge is 0.350 e. The molecule has 0 radical (unpaired) electrons. The number of fused-ring (bicyclic) bond motifs is 1. The number of halogens is 3. The fraction of sp³-hybridized carbons (Fsp3) is 0.370. The van der Waals surface area contributed by atoms with Crippen LogP contribution in [-0.4, -0.2) is 40.8 Å². The van der Waals surface area contributed by atoms with E-state index in [2.05, 4.69) is 10.3 Å². The van der Waals surface area contributed by atoms with E-state index in [9.17, 15) is 22.8 Å². The van der Waals surface area contributed by atoms with E-state index in [0.29, 0.717) is 18.2 Å². The largest absolute Gasteiger partial charge is 0.416 e. The number of carbonyl (C=O) groups is 2. The Morgan fingerprint density at radius 1 is 1.14 bits per heavy atom. The molecule has 1 aromatic heterocycles. The van der Waals surface area contributed by atoms with Gasteiger partial charge >= 0.3 is 6.18 Å². The maximum absolute atomic E-state index is 13.7. The number of benzene rings is 2. The molecule has 0 unspecified atom stereocenters. The number of rotatable bonds is 5. The molecule has 36 heavy (non-hydrogen) atoms. The van der Waals surface area contributed by atoms with Crippen LogP contribution in [0.15, 0.2) is 42.5 Å². The number of alkyl halides is 3. The molecular formula is C27H26F3N3O2S. The minimum Gasteiger partial charge on any atom is -0.350 e. The molecule has 2 amide bonds. The predicted octanol–water partition coefficient (Wildman–Crippen LogP) is 5.64. The molecule has 1 aliphatic carbocycles. The molecule has 3 aromatic rings. The summed E-state index contributed by atoms with van der Waals surface area (Å²) in [4.78, 5) is 33.6. The number of hydrogen-bond acceptors (Lipinski definition) is 4. The summed E-state index contributed by atoms with van der Waals surface area (Å²) in [6, 6.07) is 11.3. The van der Waals surface area contributed by atoms with Gasteiger partial charge in [0, 0.05) is 18.7 Å². The topological polar surface area (TPSA) is 62.3 Å². The molecule has 1 aliphatic heterocycles. The summed E-state index contributed by atoms with van der Waals surface area (Å²) in [7, 11) is 0. The van der Waals surface area contributed by atoms with Crippen LogP contribution in [0.4, 0.5) is 13.2 Å². The molecular weight excluding hydrogens is 487 g/mol. The van der Waals surface area contributed by atoms with E-state index in [1.54, 1.807) is 4.90 Å². The Morgan fingerprint density at radius 3 is 2.64 bits per heavy atom. The lowest BCUT2D eigenvalue weighted by molar-refractivity contribution is -0.138. The number of nitrogens with zero attached hydrogens (tertiary/aromatic N) is 2. The molecule has 2 aromatic carbocycles. The Labute approximate surface area is 211 Å². The molecule has 9 heteroatoms. The quantitative estimate of drug-likeness (QED) is 0.480. The minimum absolute atomic E-state index is 0.0481. The molecule has 2 aliphatic rings. The van der Waals surface area contributed by atoms with Crippen LogP contribution in [0, 0.1) is 32.6 Å². The number of hydrogen-bond donors (Lipinski definition) is 1. The van der Waals surface area contributed by atoms with Gasteiger partial charge in [-0.3, -0.25) is 9.59 Å². The van der Waals surface area contributed by atoms with Gasteiger partial charge in [0.05, 0.1) is 21.5 Å². The van der Waals surface area contributed by atoms with Crippen LogP contribution in [0.1, 0.15) is 49.0 Å². The summed E-state index contributed by atoms with van der Waals surface area (Å²) < 4.78 is 39.8. The van der Waals surface area contributed by atoms with Gasteiger partial charge in [-0.2, -0.15) is 13.2 Å². The summed E-state index contributed by atoms with van der Waals surface area (Å²) in [6.07, 6.45) is -3.55. The molecule has 0 spiro atoms. The highest BCUT2D eigenvalue weighted by atomic mass is 32.1. The van der Waals surface area contributed by atoms with E-state index in [1.807, 2.05) is 38.1 Å². The lowest BCUT2D eigenvalue weighted by atomic mass is 10.0. The number of aryl methyl sites for hydroxylation is 3. The highest BCUT2D eigenvalue weighted by Crippen LogP contribution is 2.50. The molecule has 2 heterocycles. The molecule has 188 valence electrons. The molecule has 0 bridgehead atoms. The number of carbonyl (C=O) groups excluding carboxylic acids is 2. The van der Waals surface area contributed by atoms with Crippen LogP contribution in [0.3, 0.4) is 0 Å². The van der Waals surface area contributed by atoms with Crippen LogP contribution in [0.5, 0.6) is 0 Å². The van der Waals surface area contributed by atoms with E-state index in [0.717, 1.165) is 33.5 Å². The highest BCUT2D eigenvalue weighted by molar-refractivity contribution is 7.15. The average molecular weight is 514 g/mol. The third-order valence-electron chi connectivity index (χ3n) is 7.06. The lowest BCUT2D eigenvalue weighted by Crippen LogP contribution is -2.45. The lowest BCUT2D eigenvalue weighted by Gasteiger charge is -2.27. The van der Waals surface area contributed by atoms with Gasteiger partial charge < -0.3 is 10.2 Å². The molecule has 3 atom stereocenters. The zero-order valence-corrected chi connectivity index (χ0v) is 21.0. The van der Waals surface area contributed by atoms with Gasteiger partial charge in [-0.25, -0.2) is 4.98 Å². The van der Waals surface area contributed by atoms with Crippen molar-refractivity contribution < 1.29 is 22.8 Å². The van der Waals surface area contributed by atoms with Crippen molar-refractivity contribution in [2.24, 2.45) is 11.8 Å². The second-order valence-electron chi connectivity index (χ2n) is 9.70. The second-order valence-corrected chi connectivity index (χ2v) is 10.9. The first-order valence-electron chi connectivity index (χ1n) is 11.8. The van der Waals surface area contributed by atoms with Gasteiger partial charge in [-0.05, 0) is 62.3 Å². The first-order valence-corrected chi connectivity index (χ1v) is 12.7. The Kier molecular flexibility index (Phi) is 6.14. The number of amides is 2. The standard InChI is InChI=1S/C27H26F3N3O2S/c1-14-5-4-6-17(9-14)24-23(32-16(3)36-24)26(35)33-13-19-10-20(19)22(33)12-31-25(34)18-8-7-15(2)21(11-18)27(28,29)30/h4-9,11,19-20,22H,10,12-13H2,1-3H3,(H,31,34)/t19-,20-,22-/m1/s1. The number of likely N-dealkylation sites (tertiary alicyclic amines) is 1. The summed E-state index contributed by atoms with van der Waals surface area (Å²) in [5.41, 5.74) is 1.64. The Balaban J connectivity index is 1.34. The maximum atomic E-state index is 13.7. The van der Waals surface area contributed by atoms with Crippen LogP contribution in [0.25, 0.3) is 10.4 Å². The third kappa shape index (κ3) is 4.64. The molecule has 1 saturated heterocycles. The fourth-order valence-corrected chi connectivity index (χ4v) is 6.03. The Morgan fingerprint density at radius 2 is 1.92 bits per heavy atom. The van der Waals surface area contributed by atoms with Crippen LogP contribution in [0.2, 0.25) is 0 Å².